The summed E-state index contributed by atoms with van der Waals surface area (Å²) in [4.78, 5) is 11.0. The van der Waals surface area contributed by atoms with Crippen molar-refractivity contribution in [2.24, 2.45) is 0 Å². The van der Waals surface area contributed by atoms with Crippen LogP contribution in [0.1, 0.15) is 5.56 Å². The second kappa shape index (κ2) is 10.9. The number of hydrogen-bond acceptors (Lipinski definition) is 9. The number of pyridine rings is 3. The molecule has 0 spiro atoms. The number of nitrogens with zero attached hydrogens (tertiary/aromatic N) is 6. The minimum atomic E-state index is 0.0553. The van der Waals surface area contributed by atoms with E-state index in [2.05, 4.69) is 32.0 Å². The summed E-state index contributed by atoms with van der Waals surface area (Å²) in [6.45, 7) is 2.37. The summed E-state index contributed by atoms with van der Waals surface area (Å²) in [7, 11) is 1.58. The van der Waals surface area contributed by atoms with Gasteiger partial charge in [0.1, 0.15) is 42.7 Å². The average molecular weight is 497 g/mol. The second-order valence-corrected chi connectivity index (χ2v) is 8.24. The Hall–Kier alpha value is -4.80. The van der Waals surface area contributed by atoms with Crippen molar-refractivity contribution in [3.63, 3.8) is 0 Å². The van der Waals surface area contributed by atoms with Crippen LogP contribution in [-0.4, -0.2) is 65.7 Å². The third kappa shape index (κ3) is 5.25. The van der Waals surface area contributed by atoms with E-state index in [9.17, 15) is 5.26 Å². The largest absolute Gasteiger partial charge is 0.490 e. The van der Waals surface area contributed by atoms with Crippen LogP contribution in [0.25, 0.3) is 16.6 Å². The molecular weight excluding hydrogens is 472 g/mol. The SMILES string of the molecule is C#CCOCCOc1cc(-c2ccc(N3CC(Oc4ccc(OC)nc4)C3)nc2)c2c(C#N)cnn2c1. The van der Waals surface area contributed by atoms with E-state index in [0.717, 1.165) is 30.0 Å². The molecule has 0 amide bonds. The molecule has 1 fully saturated rings. The zero-order valence-electron chi connectivity index (χ0n) is 20.2. The number of methoxy groups -OCH3 is 1. The van der Waals surface area contributed by atoms with Gasteiger partial charge in [-0.3, -0.25) is 0 Å². The topological polar surface area (TPSA) is 107 Å². The van der Waals surface area contributed by atoms with Gasteiger partial charge in [0.05, 0.1) is 56.5 Å². The monoisotopic (exact) mass is 496 g/mol. The van der Waals surface area contributed by atoms with Crippen molar-refractivity contribution in [3.05, 3.63) is 60.7 Å². The number of terminal acetylenes is 1. The van der Waals surface area contributed by atoms with Crippen molar-refractivity contribution >= 4 is 11.3 Å². The smallest absolute Gasteiger partial charge is 0.213 e. The molecule has 10 heteroatoms. The Kier molecular flexibility index (Phi) is 7.02. The maximum Gasteiger partial charge on any atom is 0.213 e. The predicted octanol–water partition coefficient (Wildman–Crippen LogP) is 2.97. The maximum absolute atomic E-state index is 9.59. The van der Waals surface area contributed by atoms with E-state index >= 15 is 0 Å². The number of rotatable bonds is 10. The zero-order valence-corrected chi connectivity index (χ0v) is 20.2. The van der Waals surface area contributed by atoms with Gasteiger partial charge in [-0.05, 0) is 24.3 Å². The average Bonchev–Trinajstić information content (AvgIpc) is 3.33. The molecule has 5 rings (SSSR count). The van der Waals surface area contributed by atoms with Crippen LogP contribution in [-0.2, 0) is 4.74 Å². The quantitative estimate of drug-likeness (QED) is 0.242. The van der Waals surface area contributed by atoms with Gasteiger partial charge in [0.2, 0.25) is 5.88 Å². The first-order chi connectivity index (χ1) is 18.2. The maximum atomic E-state index is 9.59. The van der Waals surface area contributed by atoms with Gasteiger partial charge >= 0.3 is 0 Å². The van der Waals surface area contributed by atoms with E-state index in [4.69, 9.17) is 25.4 Å². The van der Waals surface area contributed by atoms with Crippen molar-refractivity contribution in [1.29, 1.82) is 5.26 Å². The van der Waals surface area contributed by atoms with Crippen LogP contribution in [0.5, 0.6) is 17.4 Å². The molecule has 1 aliphatic heterocycles. The standard InChI is InChI=1S/C27H24N6O4/c1-3-8-35-9-10-36-22-11-24(27-20(12-28)14-31-33(27)18-22)19-4-6-25(29-13-19)32-16-23(17-32)37-21-5-7-26(34-2)30-15-21/h1,4-7,11,13-15,18,23H,8-10,16-17H2,2H3. The fraction of sp³-hybridized carbons (Fsp3) is 0.259. The van der Waals surface area contributed by atoms with Gasteiger partial charge in [-0.25, -0.2) is 14.5 Å². The van der Waals surface area contributed by atoms with Crippen molar-refractivity contribution < 1.29 is 18.9 Å². The Bertz CT molecular complexity index is 1450. The molecule has 4 aromatic heterocycles. The molecule has 1 saturated heterocycles. The summed E-state index contributed by atoms with van der Waals surface area (Å²) in [5.41, 5.74) is 2.81. The molecule has 37 heavy (non-hydrogen) atoms. The molecule has 5 heterocycles. The van der Waals surface area contributed by atoms with E-state index in [0.29, 0.717) is 41.7 Å². The predicted molar refractivity (Wildman–Crippen MR) is 136 cm³/mol. The molecule has 0 saturated carbocycles. The molecular formula is C27H24N6O4. The summed E-state index contributed by atoms with van der Waals surface area (Å²) >= 11 is 0. The third-order valence-electron chi connectivity index (χ3n) is 5.84. The van der Waals surface area contributed by atoms with Crippen molar-refractivity contribution in [2.75, 3.05) is 44.9 Å². The molecule has 10 nitrogen and oxygen atoms in total. The Labute approximate surface area is 214 Å². The Morgan fingerprint density at radius 2 is 1.97 bits per heavy atom. The van der Waals surface area contributed by atoms with Gasteiger partial charge in [-0.2, -0.15) is 10.4 Å². The number of hydrogen-bond donors (Lipinski definition) is 0. The van der Waals surface area contributed by atoms with Crippen LogP contribution in [0.3, 0.4) is 0 Å². The lowest BCUT2D eigenvalue weighted by Crippen LogP contribution is -2.54. The lowest BCUT2D eigenvalue weighted by atomic mass is 10.0. The van der Waals surface area contributed by atoms with E-state index in [-0.39, 0.29) is 12.7 Å². The molecule has 0 unspecified atom stereocenters. The number of nitriles is 1. The number of anilines is 1. The highest BCUT2D eigenvalue weighted by atomic mass is 16.5. The van der Waals surface area contributed by atoms with Gasteiger partial charge in [0.25, 0.3) is 0 Å². The molecule has 0 radical (unpaired) electrons. The Morgan fingerprint density at radius 1 is 1.08 bits per heavy atom. The van der Waals surface area contributed by atoms with E-state index in [1.807, 2.05) is 24.3 Å². The fourth-order valence-corrected chi connectivity index (χ4v) is 4.01. The first-order valence-electron chi connectivity index (χ1n) is 11.6. The highest BCUT2D eigenvalue weighted by Gasteiger charge is 2.29. The van der Waals surface area contributed by atoms with Gasteiger partial charge in [-0.15, -0.1) is 6.42 Å². The van der Waals surface area contributed by atoms with Crippen LogP contribution < -0.4 is 19.1 Å². The first kappa shape index (κ1) is 23.9. The van der Waals surface area contributed by atoms with Crippen LogP contribution in [0.15, 0.2) is 55.1 Å². The third-order valence-corrected chi connectivity index (χ3v) is 5.84. The molecule has 0 aromatic carbocycles. The van der Waals surface area contributed by atoms with Crippen molar-refractivity contribution in [1.82, 2.24) is 19.6 Å². The number of fused-ring (bicyclic) bond motifs is 1. The minimum Gasteiger partial charge on any atom is -0.490 e. The van der Waals surface area contributed by atoms with E-state index in [1.54, 1.807) is 42.5 Å². The number of ether oxygens (including phenoxy) is 4. The van der Waals surface area contributed by atoms with Crippen LogP contribution >= 0.6 is 0 Å². The van der Waals surface area contributed by atoms with Gasteiger partial charge in [0, 0.05) is 23.4 Å². The van der Waals surface area contributed by atoms with Crippen molar-refractivity contribution in [2.45, 2.75) is 6.10 Å². The van der Waals surface area contributed by atoms with E-state index < -0.39 is 0 Å². The molecule has 186 valence electrons. The summed E-state index contributed by atoms with van der Waals surface area (Å²) in [5, 5.41) is 13.9. The highest BCUT2D eigenvalue weighted by molar-refractivity contribution is 5.85. The van der Waals surface area contributed by atoms with Crippen LogP contribution in [0.2, 0.25) is 0 Å². The van der Waals surface area contributed by atoms with Crippen molar-refractivity contribution in [3.8, 4) is 46.9 Å². The van der Waals surface area contributed by atoms with Gasteiger partial charge in [-0.1, -0.05) is 5.92 Å². The van der Waals surface area contributed by atoms with Crippen LogP contribution in [0, 0.1) is 23.7 Å². The molecule has 4 aromatic rings. The lowest BCUT2D eigenvalue weighted by molar-refractivity contribution is 0.124. The van der Waals surface area contributed by atoms with Gasteiger partial charge < -0.3 is 23.8 Å². The summed E-state index contributed by atoms with van der Waals surface area (Å²) in [6.07, 6.45) is 12.0. The molecule has 1 aliphatic rings. The summed E-state index contributed by atoms with van der Waals surface area (Å²) in [5.74, 6) is 5.12. The summed E-state index contributed by atoms with van der Waals surface area (Å²) in [6, 6.07) is 11.6. The Morgan fingerprint density at radius 3 is 2.68 bits per heavy atom. The lowest BCUT2D eigenvalue weighted by Gasteiger charge is -2.39. The number of aromatic nitrogens is 4. The highest BCUT2D eigenvalue weighted by Crippen LogP contribution is 2.32. The first-order valence-corrected chi connectivity index (χ1v) is 11.6. The fourth-order valence-electron chi connectivity index (χ4n) is 4.01. The zero-order chi connectivity index (χ0) is 25.6. The van der Waals surface area contributed by atoms with Crippen LogP contribution in [0.4, 0.5) is 5.82 Å². The molecule has 0 aliphatic carbocycles. The Balaban J connectivity index is 1.28. The van der Waals surface area contributed by atoms with E-state index in [1.165, 1.54) is 0 Å². The minimum absolute atomic E-state index is 0.0553. The second-order valence-electron chi connectivity index (χ2n) is 8.24. The molecule has 0 N–H and O–H groups in total. The normalized spacial score (nSPS) is 13.0. The summed E-state index contributed by atoms with van der Waals surface area (Å²) < 4.78 is 23.8. The molecule has 0 bridgehead atoms. The molecule has 0 atom stereocenters. The van der Waals surface area contributed by atoms with Gasteiger partial charge in [0.15, 0.2) is 0 Å².